The number of carbonyl (C=O) groups excluding carboxylic acids is 1. The first kappa shape index (κ1) is 16.1. The number of anilines is 1. The Balaban J connectivity index is 1.42. The summed E-state index contributed by atoms with van der Waals surface area (Å²) in [6.45, 7) is 4.66. The first-order valence-electron chi connectivity index (χ1n) is 9.51. The SMILES string of the molecule is Cc1cc(C)cc(NC(=O)CN(C)C23CC4CC(CC(C4)C2)C3)c1. The number of aryl methyl sites for hydroxylation is 2. The zero-order valence-electron chi connectivity index (χ0n) is 15.3. The molecule has 0 atom stereocenters. The van der Waals surface area contributed by atoms with E-state index in [2.05, 4.69) is 49.3 Å². The molecule has 4 aliphatic rings. The maximum atomic E-state index is 12.6. The van der Waals surface area contributed by atoms with E-state index >= 15 is 0 Å². The van der Waals surface area contributed by atoms with Crippen LogP contribution in [0.15, 0.2) is 18.2 Å². The van der Waals surface area contributed by atoms with Crippen molar-refractivity contribution < 1.29 is 4.79 Å². The molecule has 0 radical (unpaired) electrons. The lowest BCUT2D eigenvalue weighted by atomic mass is 9.52. The van der Waals surface area contributed by atoms with Gasteiger partial charge in [-0.25, -0.2) is 0 Å². The van der Waals surface area contributed by atoms with Crippen LogP contribution in [-0.2, 0) is 4.79 Å². The van der Waals surface area contributed by atoms with Crippen molar-refractivity contribution in [2.45, 2.75) is 57.9 Å². The first-order chi connectivity index (χ1) is 11.4. The molecule has 0 aliphatic heterocycles. The van der Waals surface area contributed by atoms with E-state index in [0.717, 1.165) is 23.4 Å². The van der Waals surface area contributed by atoms with Crippen molar-refractivity contribution in [3.05, 3.63) is 29.3 Å². The normalized spacial score (nSPS) is 33.9. The molecule has 5 rings (SSSR count). The number of nitrogens with zero attached hydrogens (tertiary/aromatic N) is 1. The minimum absolute atomic E-state index is 0.123. The van der Waals surface area contributed by atoms with Crippen LogP contribution in [0.2, 0.25) is 0 Å². The van der Waals surface area contributed by atoms with Crippen molar-refractivity contribution in [3.63, 3.8) is 0 Å². The highest BCUT2D eigenvalue weighted by Gasteiger charge is 2.52. The van der Waals surface area contributed by atoms with Gasteiger partial charge in [0.1, 0.15) is 0 Å². The lowest BCUT2D eigenvalue weighted by Gasteiger charge is -2.59. The highest BCUT2D eigenvalue weighted by Crippen LogP contribution is 2.57. The Morgan fingerprint density at radius 1 is 1.04 bits per heavy atom. The molecule has 0 unspecified atom stereocenters. The molecule has 4 fully saturated rings. The van der Waals surface area contributed by atoms with E-state index in [9.17, 15) is 4.79 Å². The summed E-state index contributed by atoms with van der Waals surface area (Å²) in [6.07, 6.45) is 8.27. The number of likely N-dealkylation sites (N-methyl/N-ethyl adjacent to an activating group) is 1. The fourth-order valence-electron chi connectivity index (χ4n) is 6.16. The Morgan fingerprint density at radius 2 is 1.54 bits per heavy atom. The van der Waals surface area contributed by atoms with Gasteiger partial charge in [-0.05, 0) is 100 Å². The second-order valence-corrected chi connectivity index (χ2v) is 8.92. The summed E-state index contributed by atoms with van der Waals surface area (Å²) >= 11 is 0. The molecule has 0 aromatic heterocycles. The molecule has 1 N–H and O–H groups in total. The van der Waals surface area contributed by atoms with Crippen molar-refractivity contribution >= 4 is 11.6 Å². The number of hydrogen-bond donors (Lipinski definition) is 1. The quantitative estimate of drug-likeness (QED) is 0.902. The zero-order chi connectivity index (χ0) is 16.9. The predicted molar refractivity (Wildman–Crippen MR) is 98.1 cm³/mol. The van der Waals surface area contributed by atoms with Crippen molar-refractivity contribution in [1.82, 2.24) is 4.90 Å². The number of nitrogens with one attached hydrogen (secondary N) is 1. The van der Waals surface area contributed by atoms with E-state index in [1.807, 2.05) is 0 Å². The van der Waals surface area contributed by atoms with Gasteiger partial charge in [0.25, 0.3) is 0 Å². The molecule has 130 valence electrons. The van der Waals surface area contributed by atoms with Gasteiger partial charge < -0.3 is 5.32 Å². The Kier molecular flexibility index (Phi) is 3.95. The summed E-state index contributed by atoms with van der Waals surface area (Å²) < 4.78 is 0. The van der Waals surface area contributed by atoms with Crippen LogP contribution in [0.4, 0.5) is 5.69 Å². The summed E-state index contributed by atoms with van der Waals surface area (Å²) in [4.78, 5) is 15.0. The molecule has 0 spiro atoms. The molecule has 4 saturated carbocycles. The Labute approximate surface area is 145 Å². The third-order valence-electron chi connectivity index (χ3n) is 6.70. The Hall–Kier alpha value is -1.35. The Morgan fingerprint density at radius 3 is 2.04 bits per heavy atom. The van der Waals surface area contributed by atoms with Crippen molar-refractivity contribution in [1.29, 1.82) is 0 Å². The molecule has 1 aromatic rings. The summed E-state index contributed by atoms with van der Waals surface area (Å²) in [7, 11) is 2.17. The molecule has 0 heterocycles. The fourth-order valence-corrected chi connectivity index (χ4v) is 6.16. The first-order valence-corrected chi connectivity index (χ1v) is 9.51. The highest BCUT2D eigenvalue weighted by atomic mass is 16.2. The third kappa shape index (κ3) is 2.99. The lowest BCUT2D eigenvalue weighted by molar-refractivity contribution is -0.123. The predicted octanol–water partition coefficient (Wildman–Crippen LogP) is 4.14. The van der Waals surface area contributed by atoms with E-state index in [1.54, 1.807) is 0 Å². The highest BCUT2D eigenvalue weighted by molar-refractivity contribution is 5.92. The van der Waals surface area contributed by atoms with Gasteiger partial charge in [-0.2, -0.15) is 0 Å². The maximum Gasteiger partial charge on any atom is 0.238 e. The average molecular weight is 326 g/mol. The molecule has 1 aromatic carbocycles. The van der Waals surface area contributed by atoms with Crippen LogP contribution >= 0.6 is 0 Å². The molecule has 3 nitrogen and oxygen atoms in total. The minimum atomic E-state index is 0.123. The van der Waals surface area contributed by atoms with Gasteiger partial charge >= 0.3 is 0 Å². The van der Waals surface area contributed by atoms with Crippen LogP contribution in [0.3, 0.4) is 0 Å². The van der Waals surface area contributed by atoms with Crippen LogP contribution in [0.25, 0.3) is 0 Å². The van der Waals surface area contributed by atoms with Crippen LogP contribution in [0.1, 0.15) is 49.7 Å². The summed E-state index contributed by atoms with van der Waals surface area (Å²) in [5.41, 5.74) is 3.62. The second-order valence-electron chi connectivity index (χ2n) is 8.92. The van der Waals surface area contributed by atoms with Gasteiger partial charge in [0.2, 0.25) is 5.91 Å². The summed E-state index contributed by atoms with van der Waals surface area (Å²) in [6, 6.07) is 6.24. The van der Waals surface area contributed by atoms with Crippen LogP contribution in [0.5, 0.6) is 0 Å². The largest absolute Gasteiger partial charge is 0.325 e. The zero-order valence-corrected chi connectivity index (χ0v) is 15.3. The molecule has 1 amide bonds. The van der Waals surface area contributed by atoms with Crippen LogP contribution < -0.4 is 5.32 Å². The standard InChI is InChI=1S/C21H30N2O/c1-14-4-15(2)6-19(5-14)22-20(24)13-23(3)21-10-16-7-17(11-21)9-18(8-16)12-21/h4-6,16-18H,7-13H2,1-3H3,(H,22,24). The molecule has 4 aliphatic carbocycles. The monoisotopic (exact) mass is 326 g/mol. The summed E-state index contributed by atoms with van der Waals surface area (Å²) in [5.74, 6) is 2.88. The van der Waals surface area contributed by atoms with Gasteiger partial charge in [0.15, 0.2) is 0 Å². The number of benzene rings is 1. The summed E-state index contributed by atoms with van der Waals surface area (Å²) in [5, 5.41) is 3.11. The van der Waals surface area contributed by atoms with Gasteiger partial charge in [-0.15, -0.1) is 0 Å². The smallest absolute Gasteiger partial charge is 0.238 e. The van der Waals surface area contributed by atoms with Crippen molar-refractivity contribution in [3.8, 4) is 0 Å². The molecular weight excluding hydrogens is 296 g/mol. The van der Waals surface area contributed by atoms with E-state index in [0.29, 0.717) is 12.1 Å². The molecule has 3 heteroatoms. The molecule has 4 bridgehead atoms. The third-order valence-corrected chi connectivity index (χ3v) is 6.70. The van der Waals surface area contributed by atoms with E-state index in [1.165, 1.54) is 49.7 Å². The number of amides is 1. The molecule has 24 heavy (non-hydrogen) atoms. The minimum Gasteiger partial charge on any atom is -0.325 e. The van der Waals surface area contributed by atoms with Gasteiger partial charge in [-0.3, -0.25) is 9.69 Å². The second kappa shape index (κ2) is 5.87. The number of hydrogen-bond acceptors (Lipinski definition) is 2. The Bertz CT molecular complexity index is 596. The van der Waals surface area contributed by atoms with Crippen molar-refractivity contribution in [2.75, 3.05) is 18.9 Å². The van der Waals surface area contributed by atoms with Gasteiger partial charge in [0, 0.05) is 11.2 Å². The van der Waals surface area contributed by atoms with Crippen LogP contribution in [-0.4, -0.2) is 29.9 Å². The lowest BCUT2D eigenvalue weighted by Crippen LogP contribution is -2.59. The number of rotatable bonds is 4. The maximum absolute atomic E-state index is 12.6. The average Bonchev–Trinajstić information content (AvgIpc) is 2.44. The van der Waals surface area contributed by atoms with E-state index in [-0.39, 0.29) is 5.91 Å². The van der Waals surface area contributed by atoms with Crippen LogP contribution in [0, 0.1) is 31.6 Å². The molecular formula is C21H30N2O. The molecule has 0 saturated heterocycles. The fraction of sp³-hybridized carbons (Fsp3) is 0.667. The van der Waals surface area contributed by atoms with Gasteiger partial charge in [-0.1, -0.05) is 6.07 Å². The van der Waals surface area contributed by atoms with Gasteiger partial charge in [0.05, 0.1) is 6.54 Å². The topological polar surface area (TPSA) is 32.3 Å². The number of carbonyl (C=O) groups is 1. The van der Waals surface area contributed by atoms with Crippen molar-refractivity contribution in [2.24, 2.45) is 17.8 Å². The van der Waals surface area contributed by atoms with E-state index < -0.39 is 0 Å². The van der Waals surface area contributed by atoms with E-state index in [4.69, 9.17) is 0 Å².